The number of unbranched alkanes of at least 4 members (excludes halogenated alkanes) is 2. The highest BCUT2D eigenvalue weighted by molar-refractivity contribution is 4.89. The van der Waals surface area contributed by atoms with Crippen molar-refractivity contribution in [1.29, 1.82) is 0 Å². The molecule has 0 N–H and O–H groups in total. The van der Waals surface area contributed by atoms with Crippen molar-refractivity contribution in [3.63, 3.8) is 0 Å². The molecule has 0 fully saturated rings. The quantitative estimate of drug-likeness (QED) is 0.337. The summed E-state index contributed by atoms with van der Waals surface area (Å²) in [5.41, 5.74) is 0. The van der Waals surface area contributed by atoms with Crippen LogP contribution in [0.1, 0.15) is 19.3 Å². The molecule has 0 aromatic rings. The monoisotopic (exact) mass is 184 g/mol. The summed E-state index contributed by atoms with van der Waals surface area (Å²) >= 11 is 0. The molecule has 0 amide bonds. The maximum absolute atomic E-state index is 12.1. The fraction of sp³-hybridized carbons (Fsp3) is 0.750. The summed E-state index contributed by atoms with van der Waals surface area (Å²) in [5, 5.41) is 0. The molecule has 0 spiro atoms. The smallest absolute Gasteiger partial charge is 0.251 e. The van der Waals surface area contributed by atoms with E-state index in [0.29, 0.717) is 19.3 Å². The van der Waals surface area contributed by atoms with Crippen LogP contribution in [0.3, 0.4) is 0 Å². The van der Waals surface area contributed by atoms with Gasteiger partial charge in [0.1, 0.15) is 0 Å². The molecule has 0 aliphatic carbocycles. The zero-order chi connectivity index (χ0) is 9.40. The number of alkyl halides is 4. The minimum absolute atomic E-state index is 0.399. The molecule has 0 saturated heterocycles. The van der Waals surface area contributed by atoms with Crippen LogP contribution in [-0.4, -0.2) is 19.3 Å². The fourth-order valence-corrected chi connectivity index (χ4v) is 0.667. The molecule has 0 heterocycles. The summed E-state index contributed by atoms with van der Waals surface area (Å²) in [5.74, 6) is 0. The summed E-state index contributed by atoms with van der Waals surface area (Å²) in [6.07, 6.45) is -1.57. The lowest BCUT2D eigenvalue weighted by atomic mass is 10.2. The van der Waals surface area contributed by atoms with Gasteiger partial charge in [-0.3, -0.25) is 4.39 Å². The third kappa shape index (κ3) is 6.19. The average Bonchev–Trinajstić information content (AvgIpc) is 2.03. The van der Waals surface area contributed by atoms with Crippen molar-refractivity contribution >= 4 is 0 Å². The Morgan fingerprint density at radius 2 is 1.75 bits per heavy atom. The minimum atomic E-state index is -2.96. The maximum atomic E-state index is 12.1. The molecular formula is C8H12F4. The standard InChI is InChI=1S/C8H12F4/c9-6-4-2-1-3-5-7(10)8(11)12/h3,5,7-8H,1-2,4,6H2. The third-order valence-electron chi connectivity index (χ3n) is 1.32. The van der Waals surface area contributed by atoms with Crippen molar-refractivity contribution in [3.05, 3.63) is 12.2 Å². The van der Waals surface area contributed by atoms with E-state index in [1.54, 1.807) is 0 Å². The Hall–Kier alpha value is -0.540. The van der Waals surface area contributed by atoms with Crippen molar-refractivity contribution in [2.75, 3.05) is 6.67 Å². The first-order valence-electron chi connectivity index (χ1n) is 3.83. The highest BCUT2D eigenvalue weighted by Crippen LogP contribution is 2.07. The molecule has 0 nitrogen and oxygen atoms in total. The highest BCUT2D eigenvalue weighted by atomic mass is 19.3. The average molecular weight is 184 g/mol. The van der Waals surface area contributed by atoms with Gasteiger partial charge in [-0.2, -0.15) is 0 Å². The predicted octanol–water partition coefficient (Wildman–Crippen LogP) is 3.29. The summed E-state index contributed by atoms with van der Waals surface area (Å²) in [6.45, 7) is -0.415. The van der Waals surface area contributed by atoms with E-state index in [0.717, 1.165) is 6.08 Å². The van der Waals surface area contributed by atoms with Crippen LogP contribution in [-0.2, 0) is 0 Å². The molecule has 0 aliphatic rings. The molecule has 0 aliphatic heterocycles. The Labute approximate surface area is 69.3 Å². The van der Waals surface area contributed by atoms with E-state index in [1.165, 1.54) is 6.08 Å². The van der Waals surface area contributed by atoms with Gasteiger partial charge in [0.25, 0.3) is 6.43 Å². The van der Waals surface area contributed by atoms with Crippen molar-refractivity contribution in [2.24, 2.45) is 0 Å². The number of halogens is 4. The van der Waals surface area contributed by atoms with Crippen LogP contribution in [0, 0.1) is 0 Å². The van der Waals surface area contributed by atoms with Crippen LogP contribution in [0.5, 0.6) is 0 Å². The van der Waals surface area contributed by atoms with Gasteiger partial charge in [0.2, 0.25) is 0 Å². The summed E-state index contributed by atoms with van der Waals surface area (Å²) in [6, 6.07) is 0. The predicted molar refractivity (Wildman–Crippen MR) is 39.9 cm³/mol. The molecule has 0 saturated carbocycles. The minimum Gasteiger partial charge on any atom is -0.251 e. The van der Waals surface area contributed by atoms with Gasteiger partial charge in [0, 0.05) is 0 Å². The lowest BCUT2D eigenvalue weighted by Crippen LogP contribution is -2.07. The number of allylic oxidation sites excluding steroid dienone is 2. The summed E-state index contributed by atoms with van der Waals surface area (Å²) < 4.78 is 46.6. The molecule has 0 aromatic carbocycles. The Balaban J connectivity index is 3.35. The largest absolute Gasteiger partial charge is 0.272 e. The Morgan fingerprint density at radius 3 is 2.25 bits per heavy atom. The molecule has 0 rings (SSSR count). The zero-order valence-electron chi connectivity index (χ0n) is 6.65. The lowest BCUT2D eigenvalue weighted by Gasteiger charge is -1.98. The lowest BCUT2D eigenvalue weighted by molar-refractivity contribution is 0.0749. The van der Waals surface area contributed by atoms with Gasteiger partial charge in [-0.15, -0.1) is 0 Å². The Morgan fingerprint density at radius 1 is 1.08 bits per heavy atom. The van der Waals surface area contributed by atoms with E-state index < -0.39 is 19.3 Å². The van der Waals surface area contributed by atoms with Crippen LogP contribution in [0.4, 0.5) is 17.6 Å². The van der Waals surface area contributed by atoms with E-state index in [1.807, 2.05) is 0 Å². The first-order chi connectivity index (χ1) is 5.68. The molecule has 0 aromatic heterocycles. The number of hydrogen-bond acceptors (Lipinski definition) is 0. The summed E-state index contributed by atoms with van der Waals surface area (Å²) in [4.78, 5) is 0. The van der Waals surface area contributed by atoms with E-state index in [-0.39, 0.29) is 0 Å². The van der Waals surface area contributed by atoms with Gasteiger partial charge in [0.15, 0.2) is 6.17 Å². The molecule has 1 unspecified atom stereocenters. The SMILES string of the molecule is FCCCCC=CC(F)C(F)F. The van der Waals surface area contributed by atoms with Crippen molar-refractivity contribution in [1.82, 2.24) is 0 Å². The van der Waals surface area contributed by atoms with Crippen LogP contribution in [0.2, 0.25) is 0 Å². The highest BCUT2D eigenvalue weighted by Gasteiger charge is 2.14. The van der Waals surface area contributed by atoms with Gasteiger partial charge in [-0.1, -0.05) is 6.08 Å². The molecule has 72 valence electrons. The van der Waals surface area contributed by atoms with E-state index in [2.05, 4.69) is 0 Å². The van der Waals surface area contributed by atoms with E-state index >= 15 is 0 Å². The van der Waals surface area contributed by atoms with Crippen molar-refractivity contribution in [2.45, 2.75) is 31.9 Å². The van der Waals surface area contributed by atoms with Gasteiger partial charge in [-0.25, -0.2) is 13.2 Å². The Kier molecular flexibility index (Phi) is 6.81. The summed E-state index contributed by atoms with van der Waals surface area (Å²) in [7, 11) is 0. The van der Waals surface area contributed by atoms with Crippen molar-refractivity contribution < 1.29 is 17.6 Å². The number of rotatable bonds is 6. The van der Waals surface area contributed by atoms with E-state index in [9.17, 15) is 17.6 Å². The second kappa shape index (κ2) is 7.13. The first kappa shape index (κ1) is 11.5. The first-order valence-corrected chi connectivity index (χ1v) is 3.83. The second-order valence-corrected chi connectivity index (χ2v) is 2.39. The molecule has 12 heavy (non-hydrogen) atoms. The van der Waals surface area contributed by atoms with Gasteiger partial charge in [0.05, 0.1) is 6.67 Å². The van der Waals surface area contributed by atoms with Gasteiger partial charge in [-0.05, 0) is 25.3 Å². The third-order valence-corrected chi connectivity index (χ3v) is 1.32. The zero-order valence-corrected chi connectivity index (χ0v) is 6.65. The molecule has 0 bridgehead atoms. The van der Waals surface area contributed by atoms with Crippen LogP contribution < -0.4 is 0 Å². The fourth-order valence-electron chi connectivity index (χ4n) is 0.667. The van der Waals surface area contributed by atoms with E-state index in [4.69, 9.17) is 0 Å². The van der Waals surface area contributed by atoms with Crippen LogP contribution in [0.25, 0.3) is 0 Å². The number of hydrogen-bond donors (Lipinski definition) is 0. The maximum Gasteiger partial charge on any atom is 0.272 e. The Bertz CT molecular complexity index is 122. The molecular weight excluding hydrogens is 172 g/mol. The van der Waals surface area contributed by atoms with Crippen LogP contribution in [0.15, 0.2) is 12.2 Å². The van der Waals surface area contributed by atoms with Crippen molar-refractivity contribution in [3.8, 4) is 0 Å². The molecule has 0 radical (unpaired) electrons. The van der Waals surface area contributed by atoms with Gasteiger partial charge < -0.3 is 0 Å². The van der Waals surface area contributed by atoms with Crippen LogP contribution >= 0.6 is 0 Å². The normalized spacial score (nSPS) is 14.4. The van der Waals surface area contributed by atoms with Gasteiger partial charge >= 0.3 is 0 Å². The topological polar surface area (TPSA) is 0 Å². The molecule has 1 atom stereocenters. The second-order valence-electron chi connectivity index (χ2n) is 2.39. The molecule has 4 heteroatoms.